The number of hydrogen-bond donors (Lipinski definition) is 2. The molecule has 3 N–H and O–H groups in total. The summed E-state index contributed by atoms with van der Waals surface area (Å²) in [6, 6.07) is -0.174. The zero-order valence-electron chi connectivity index (χ0n) is 8.22. The fourth-order valence-corrected chi connectivity index (χ4v) is 1.04. The maximum absolute atomic E-state index is 11.3. The van der Waals surface area contributed by atoms with Gasteiger partial charge in [-0.3, -0.25) is 4.79 Å². The Morgan fingerprint density at radius 1 is 1.54 bits per heavy atom. The Morgan fingerprint density at radius 2 is 2.15 bits per heavy atom. The standard InChI is InChI=1S/C9H15N3O/c1-4-7(10)8-11-6(3)5(2)9(13)12-8/h7H,4,10H2,1-3H3,(H,11,12,13). The molecule has 0 spiro atoms. The van der Waals surface area contributed by atoms with Crippen LogP contribution in [0.25, 0.3) is 0 Å². The van der Waals surface area contributed by atoms with Gasteiger partial charge < -0.3 is 10.7 Å². The van der Waals surface area contributed by atoms with Crippen LogP contribution in [-0.2, 0) is 0 Å². The van der Waals surface area contributed by atoms with Crippen LogP contribution in [0.5, 0.6) is 0 Å². The molecular weight excluding hydrogens is 166 g/mol. The smallest absolute Gasteiger partial charge is 0.254 e. The van der Waals surface area contributed by atoms with E-state index in [1.807, 2.05) is 13.8 Å². The highest BCUT2D eigenvalue weighted by Gasteiger charge is 2.08. The summed E-state index contributed by atoms with van der Waals surface area (Å²) >= 11 is 0. The van der Waals surface area contributed by atoms with Crippen molar-refractivity contribution in [3.63, 3.8) is 0 Å². The van der Waals surface area contributed by atoms with Crippen molar-refractivity contribution in [3.8, 4) is 0 Å². The molecule has 1 aromatic heterocycles. The average molecular weight is 181 g/mol. The Bertz CT molecular complexity index is 356. The Balaban J connectivity index is 3.21. The number of aryl methyl sites for hydroxylation is 1. The van der Waals surface area contributed by atoms with Crippen LogP contribution in [0.3, 0.4) is 0 Å². The zero-order valence-corrected chi connectivity index (χ0v) is 8.22. The number of rotatable bonds is 2. The third-order valence-electron chi connectivity index (χ3n) is 2.20. The second-order valence-electron chi connectivity index (χ2n) is 3.18. The van der Waals surface area contributed by atoms with Gasteiger partial charge in [0, 0.05) is 11.3 Å². The predicted molar refractivity (Wildman–Crippen MR) is 51.6 cm³/mol. The molecule has 0 radical (unpaired) electrons. The summed E-state index contributed by atoms with van der Waals surface area (Å²) in [6.45, 7) is 5.53. The van der Waals surface area contributed by atoms with E-state index in [9.17, 15) is 4.79 Å². The third-order valence-corrected chi connectivity index (χ3v) is 2.20. The lowest BCUT2D eigenvalue weighted by molar-refractivity contribution is 0.640. The quantitative estimate of drug-likeness (QED) is 0.708. The Morgan fingerprint density at radius 3 is 2.62 bits per heavy atom. The van der Waals surface area contributed by atoms with E-state index in [1.54, 1.807) is 6.92 Å². The lowest BCUT2D eigenvalue weighted by Gasteiger charge is -2.09. The molecule has 0 amide bonds. The summed E-state index contributed by atoms with van der Waals surface area (Å²) in [6.07, 6.45) is 0.769. The van der Waals surface area contributed by atoms with Crippen molar-refractivity contribution in [3.05, 3.63) is 27.4 Å². The molecule has 4 heteroatoms. The van der Waals surface area contributed by atoms with Gasteiger partial charge in [-0.05, 0) is 20.3 Å². The third kappa shape index (κ3) is 1.95. The van der Waals surface area contributed by atoms with Gasteiger partial charge in [-0.15, -0.1) is 0 Å². The van der Waals surface area contributed by atoms with Gasteiger partial charge in [0.2, 0.25) is 0 Å². The van der Waals surface area contributed by atoms with Crippen LogP contribution >= 0.6 is 0 Å². The minimum absolute atomic E-state index is 0.0913. The van der Waals surface area contributed by atoms with Crippen molar-refractivity contribution >= 4 is 0 Å². The van der Waals surface area contributed by atoms with Gasteiger partial charge in [0.05, 0.1) is 6.04 Å². The Labute approximate surface area is 77.2 Å². The minimum Gasteiger partial charge on any atom is -0.321 e. The number of nitrogens with one attached hydrogen (secondary N) is 1. The molecule has 0 saturated carbocycles. The first-order chi connectivity index (χ1) is 6.06. The van der Waals surface area contributed by atoms with Crippen LogP contribution in [-0.4, -0.2) is 9.97 Å². The lowest BCUT2D eigenvalue weighted by atomic mass is 10.2. The van der Waals surface area contributed by atoms with Crippen molar-refractivity contribution < 1.29 is 0 Å². The summed E-state index contributed by atoms with van der Waals surface area (Å²) in [4.78, 5) is 18.2. The molecule has 0 saturated heterocycles. The number of H-pyrrole nitrogens is 1. The van der Waals surface area contributed by atoms with Crippen LogP contribution in [0.1, 0.15) is 36.5 Å². The van der Waals surface area contributed by atoms with Crippen LogP contribution in [0.15, 0.2) is 4.79 Å². The molecule has 0 aliphatic rings. The van der Waals surface area contributed by atoms with E-state index < -0.39 is 0 Å². The molecule has 1 heterocycles. The average Bonchev–Trinajstić information content (AvgIpc) is 2.12. The van der Waals surface area contributed by atoms with Crippen molar-refractivity contribution in [1.82, 2.24) is 9.97 Å². The van der Waals surface area contributed by atoms with Gasteiger partial charge in [0.15, 0.2) is 0 Å². The first kappa shape index (κ1) is 9.92. The summed E-state index contributed by atoms with van der Waals surface area (Å²) < 4.78 is 0. The number of nitrogens with two attached hydrogens (primary N) is 1. The van der Waals surface area contributed by atoms with E-state index in [0.717, 1.165) is 12.1 Å². The molecule has 1 rings (SSSR count). The molecule has 4 nitrogen and oxygen atoms in total. The van der Waals surface area contributed by atoms with E-state index in [-0.39, 0.29) is 11.6 Å². The van der Waals surface area contributed by atoms with Gasteiger partial charge in [0.25, 0.3) is 5.56 Å². The second-order valence-corrected chi connectivity index (χ2v) is 3.18. The first-order valence-electron chi connectivity index (χ1n) is 4.39. The maximum atomic E-state index is 11.3. The number of hydrogen-bond acceptors (Lipinski definition) is 3. The van der Waals surface area contributed by atoms with Gasteiger partial charge in [-0.1, -0.05) is 6.92 Å². The minimum atomic E-state index is -0.174. The van der Waals surface area contributed by atoms with E-state index in [0.29, 0.717) is 11.4 Å². The molecule has 0 aliphatic carbocycles. The summed E-state index contributed by atoms with van der Waals surface area (Å²) in [7, 11) is 0. The van der Waals surface area contributed by atoms with Crippen molar-refractivity contribution in [2.45, 2.75) is 33.2 Å². The summed E-state index contributed by atoms with van der Waals surface area (Å²) in [5, 5.41) is 0. The zero-order chi connectivity index (χ0) is 10.0. The molecule has 1 unspecified atom stereocenters. The molecular formula is C9H15N3O. The first-order valence-corrected chi connectivity index (χ1v) is 4.39. The SMILES string of the molecule is CCC(N)c1nc(C)c(C)c(=O)[nH]1. The molecule has 0 aliphatic heterocycles. The van der Waals surface area contributed by atoms with E-state index in [1.165, 1.54) is 0 Å². The molecule has 0 aromatic carbocycles. The van der Waals surface area contributed by atoms with Crippen LogP contribution in [0.4, 0.5) is 0 Å². The maximum Gasteiger partial charge on any atom is 0.254 e. The molecule has 0 bridgehead atoms. The molecule has 1 atom stereocenters. The van der Waals surface area contributed by atoms with Gasteiger partial charge in [-0.25, -0.2) is 4.98 Å². The highest BCUT2D eigenvalue weighted by atomic mass is 16.1. The number of nitrogens with zero attached hydrogens (tertiary/aromatic N) is 1. The van der Waals surface area contributed by atoms with Crippen molar-refractivity contribution in [1.29, 1.82) is 0 Å². The number of aromatic nitrogens is 2. The van der Waals surface area contributed by atoms with Crippen molar-refractivity contribution in [2.24, 2.45) is 5.73 Å². The number of aromatic amines is 1. The lowest BCUT2D eigenvalue weighted by Crippen LogP contribution is -2.21. The molecule has 0 fully saturated rings. The van der Waals surface area contributed by atoms with Crippen LogP contribution < -0.4 is 11.3 Å². The Hall–Kier alpha value is -1.16. The van der Waals surface area contributed by atoms with Gasteiger partial charge >= 0.3 is 0 Å². The van der Waals surface area contributed by atoms with E-state index >= 15 is 0 Å². The summed E-state index contributed by atoms with van der Waals surface area (Å²) in [5.41, 5.74) is 7.07. The van der Waals surface area contributed by atoms with E-state index in [4.69, 9.17) is 5.73 Å². The fraction of sp³-hybridized carbons (Fsp3) is 0.556. The molecule has 13 heavy (non-hydrogen) atoms. The van der Waals surface area contributed by atoms with Crippen molar-refractivity contribution in [2.75, 3.05) is 0 Å². The molecule has 72 valence electrons. The predicted octanol–water partition coefficient (Wildman–Crippen LogP) is 0.797. The van der Waals surface area contributed by atoms with E-state index in [2.05, 4.69) is 9.97 Å². The largest absolute Gasteiger partial charge is 0.321 e. The monoisotopic (exact) mass is 181 g/mol. The summed E-state index contributed by atoms with van der Waals surface area (Å²) in [5.74, 6) is 0.579. The van der Waals surface area contributed by atoms with Gasteiger partial charge in [0.1, 0.15) is 5.82 Å². The van der Waals surface area contributed by atoms with Crippen LogP contribution in [0, 0.1) is 13.8 Å². The van der Waals surface area contributed by atoms with Gasteiger partial charge in [-0.2, -0.15) is 0 Å². The fourth-order valence-electron chi connectivity index (χ4n) is 1.04. The highest BCUT2D eigenvalue weighted by Crippen LogP contribution is 2.07. The Kier molecular flexibility index (Phi) is 2.83. The van der Waals surface area contributed by atoms with Crippen LogP contribution in [0.2, 0.25) is 0 Å². The molecule has 1 aromatic rings. The second kappa shape index (κ2) is 3.70. The topological polar surface area (TPSA) is 71.8 Å². The highest BCUT2D eigenvalue weighted by molar-refractivity contribution is 5.15. The normalized spacial score (nSPS) is 12.9.